The van der Waals surface area contributed by atoms with E-state index in [1.54, 1.807) is 28.9 Å². The minimum absolute atomic E-state index is 0.143. The van der Waals surface area contributed by atoms with Crippen molar-refractivity contribution >= 4 is 17.8 Å². The first kappa shape index (κ1) is 13.9. The minimum atomic E-state index is -0.511. The average molecular weight is 275 g/mol. The Morgan fingerprint density at radius 2 is 2.45 bits per heavy atom. The first-order valence-corrected chi connectivity index (χ1v) is 6.40. The summed E-state index contributed by atoms with van der Waals surface area (Å²) in [4.78, 5) is 25.3. The molecule has 1 atom stereocenters. The van der Waals surface area contributed by atoms with E-state index in [9.17, 15) is 9.59 Å². The standard InChI is InChI=1S/C13H17N5O2/c1-3-4-7-14-13(20)15-10-5-9-18(12(10)19)11-6-8-17(2)16-11/h1,6,8,10H,4-5,7,9H2,2H3,(H2,14,15,20). The zero-order valence-electron chi connectivity index (χ0n) is 11.3. The molecule has 1 aromatic heterocycles. The van der Waals surface area contributed by atoms with E-state index >= 15 is 0 Å². The van der Waals surface area contributed by atoms with Gasteiger partial charge in [0.2, 0.25) is 0 Å². The SMILES string of the molecule is C#CCCNC(=O)NC1CCN(c2ccn(C)n2)C1=O. The smallest absolute Gasteiger partial charge is 0.315 e. The summed E-state index contributed by atoms with van der Waals surface area (Å²) in [5.74, 6) is 2.89. The lowest BCUT2D eigenvalue weighted by Gasteiger charge is -2.14. The first-order chi connectivity index (χ1) is 9.61. The van der Waals surface area contributed by atoms with Gasteiger partial charge in [0, 0.05) is 38.8 Å². The number of nitrogens with one attached hydrogen (secondary N) is 2. The van der Waals surface area contributed by atoms with Crippen molar-refractivity contribution in [1.82, 2.24) is 20.4 Å². The maximum Gasteiger partial charge on any atom is 0.315 e. The van der Waals surface area contributed by atoms with Crippen LogP contribution in [0.1, 0.15) is 12.8 Å². The Balaban J connectivity index is 1.88. The fourth-order valence-corrected chi connectivity index (χ4v) is 2.05. The molecule has 1 aromatic rings. The van der Waals surface area contributed by atoms with Crippen molar-refractivity contribution in [3.63, 3.8) is 0 Å². The quantitative estimate of drug-likeness (QED) is 0.592. The zero-order valence-corrected chi connectivity index (χ0v) is 11.3. The highest BCUT2D eigenvalue weighted by atomic mass is 16.2. The van der Waals surface area contributed by atoms with Crippen molar-refractivity contribution in [3.05, 3.63) is 12.3 Å². The van der Waals surface area contributed by atoms with Crippen LogP contribution in [-0.4, -0.2) is 40.9 Å². The van der Waals surface area contributed by atoms with Gasteiger partial charge in [-0.1, -0.05) is 0 Å². The van der Waals surface area contributed by atoms with Crippen molar-refractivity contribution in [2.45, 2.75) is 18.9 Å². The van der Waals surface area contributed by atoms with Crippen LogP contribution in [0, 0.1) is 12.3 Å². The molecule has 7 nitrogen and oxygen atoms in total. The van der Waals surface area contributed by atoms with Gasteiger partial charge in [0.25, 0.3) is 5.91 Å². The van der Waals surface area contributed by atoms with E-state index < -0.39 is 6.04 Å². The highest BCUT2D eigenvalue weighted by Crippen LogP contribution is 2.19. The Kier molecular flexibility index (Phi) is 4.25. The van der Waals surface area contributed by atoms with Gasteiger partial charge in [-0.3, -0.25) is 14.4 Å². The largest absolute Gasteiger partial charge is 0.337 e. The zero-order chi connectivity index (χ0) is 14.5. The van der Waals surface area contributed by atoms with Gasteiger partial charge in [-0.05, 0) is 6.42 Å². The molecular formula is C13H17N5O2. The Hall–Kier alpha value is -2.49. The summed E-state index contributed by atoms with van der Waals surface area (Å²) in [7, 11) is 1.79. The molecule has 106 valence electrons. The molecule has 0 spiro atoms. The molecule has 1 unspecified atom stereocenters. The number of hydrogen-bond acceptors (Lipinski definition) is 3. The molecule has 20 heavy (non-hydrogen) atoms. The van der Waals surface area contributed by atoms with E-state index in [0.29, 0.717) is 31.7 Å². The number of aromatic nitrogens is 2. The molecule has 0 radical (unpaired) electrons. The molecule has 2 N–H and O–H groups in total. The van der Waals surface area contributed by atoms with Crippen LogP contribution in [-0.2, 0) is 11.8 Å². The Morgan fingerprint density at radius 1 is 1.65 bits per heavy atom. The molecule has 7 heteroatoms. The lowest BCUT2D eigenvalue weighted by atomic mass is 10.2. The number of hydrogen-bond donors (Lipinski definition) is 2. The molecule has 1 fully saturated rings. The average Bonchev–Trinajstić information content (AvgIpc) is 2.98. The van der Waals surface area contributed by atoms with Crippen molar-refractivity contribution in [2.75, 3.05) is 18.0 Å². The first-order valence-electron chi connectivity index (χ1n) is 6.40. The Morgan fingerprint density at radius 3 is 3.10 bits per heavy atom. The van der Waals surface area contributed by atoms with Crippen LogP contribution < -0.4 is 15.5 Å². The van der Waals surface area contributed by atoms with Gasteiger partial charge >= 0.3 is 6.03 Å². The normalized spacial score (nSPS) is 17.9. The van der Waals surface area contributed by atoms with Crippen molar-refractivity contribution in [2.24, 2.45) is 7.05 Å². The molecule has 0 aromatic carbocycles. The van der Waals surface area contributed by atoms with Gasteiger partial charge in [0.05, 0.1) is 0 Å². The molecule has 2 rings (SSSR count). The summed E-state index contributed by atoms with van der Waals surface area (Å²) < 4.78 is 1.63. The van der Waals surface area contributed by atoms with Gasteiger partial charge in [-0.2, -0.15) is 5.10 Å². The van der Waals surface area contributed by atoms with Gasteiger partial charge < -0.3 is 10.6 Å². The maximum absolute atomic E-state index is 12.2. The number of urea groups is 1. The molecule has 3 amide bonds. The second-order valence-corrected chi connectivity index (χ2v) is 4.53. The predicted octanol–water partition coefficient (Wildman–Crippen LogP) is -0.152. The highest BCUT2D eigenvalue weighted by molar-refractivity contribution is 6.00. The molecule has 1 aliphatic heterocycles. The molecule has 0 bridgehead atoms. The molecule has 0 saturated carbocycles. The second kappa shape index (κ2) is 6.10. The molecule has 1 saturated heterocycles. The van der Waals surface area contributed by atoms with E-state index in [1.165, 1.54) is 0 Å². The minimum Gasteiger partial charge on any atom is -0.337 e. The molecule has 1 aliphatic rings. The van der Waals surface area contributed by atoms with E-state index in [4.69, 9.17) is 6.42 Å². The van der Waals surface area contributed by atoms with Crippen LogP contribution in [0.25, 0.3) is 0 Å². The number of nitrogens with zero attached hydrogens (tertiary/aromatic N) is 3. The van der Waals surface area contributed by atoms with Gasteiger partial charge in [0.1, 0.15) is 6.04 Å². The van der Waals surface area contributed by atoms with Crippen LogP contribution in [0.5, 0.6) is 0 Å². The summed E-state index contributed by atoms with van der Waals surface area (Å²) >= 11 is 0. The molecule has 2 heterocycles. The third-order valence-corrected chi connectivity index (χ3v) is 3.04. The van der Waals surface area contributed by atoms with Crippen molar-refractivity contribution < 1.29 is 9.59 Å². The fourth-order valence-electron chi connectivity index (χ4n) is 2.05. The molecule has 0 aliphatic carbocycles. The van der Waals surface area contributed by atoms with Crippen LogP contribution >= 0.6 is 0 Å². The van der Waals surface area contributed by atoms with E-state index in [-0.39, 0.29) is 11.9 Å². The van der Waals surface area contributed by atoms with Gasteiger partial charge in [0.15, 0.2) is 5.82 Å². The summed E-state index contributed by atoms with van der Waals surface area (Å²) in [6.07, 6.45) is 7.90. The monoisotopic (exact) mass is 275 g/mol. The third kappa shape index (κ3) is 3.09. The summed E-state index contributed by atoms with van der Waals surface area (Å²) in [6.45, 7) is 0.943. The van der Waals surface area contributed by atoms with Gasteiger partial charge in [-0.25, -0.2) is 4.79 Å². The third-order valence-electron chi connectivity index (χ3n) is 3.04. The summed E-state index contributed by atoms with van der Waals surface area (Å²) in [5.41, 5.74) is 0. The number of rotatable bonds is 4. The lowest BCUT2D eigenvalue weighted by molar-refractivity contribution is -0.118. The van der Waals surface area contributed by atoms with Crippen molar-refractivity contribution in [1.29, 1.82) is 0 Å². The number of amides is 3. The maximum atomic E-state index is 12.2. The number of terminal acetylenes is 1. The van der Waals surface area contributed by atoms with E-state index in [0.717, 1.165) is 0 Å². The lowest BCUT2D eigenvalue weighted by Crippen LogP contribution is -2.46. The van der Waals surface area contributed by atoms with Crippen LogP contribution in [0.3, 0.4) is 0 Å². The van der Waals surface area contributed by atoms with E-state index in [1.807, 2.05) is 0 Å². The summed E-state index contributed by atoms with van der Waals surface area (Å²) in [5, 5.41) is 9.45. The number of carbonyl (C=O) groups excluding carboxylic acids is 2. The topological polar surface area (TPSA) is 79.3 Å². The van der Waals surface area contributed by atoms with Crippen LogP contribution in [0.15, 0.2) is 12.3 Å². The Bertz CT molecular complexity index is 545. The van der Waals surface area contributed by atoms with Crippen LogP contribution in [0.2, 0.25) is 0 Å². The fraction of sp³-hybridized carbons (Fsp3) is 0.462. The predicted molar refractivity (Wildman–Crippen MR) is 74.0 cm³/mol. The second-order valence-electron chi connectivity index (χ2n) is 4.53. The highest BCUT2D eigenvalue weighted by Gasteiger charge is 2.34. The number of carbonyl (C=O) groups is 2. The van der Waals surface area contributed by atoms with Gasteiger partial charge in [-0.15, -0.1) is 12.3 Å². The Labute approximate surface area is 117 Å². The van der Waals surface area contributed by atoms with E-state index in [2.05, 4.69) is 21.7 Å². The number of aryl methyl sites for hydroxylation is 1. The summed E-state index contributed by atoms with van der Waals surface area (Å²) in [6, 6.07) is 0.886. The van der Waals surface area contributed by atoms with Crippen LogP contribution in [0.4, 0.5) is 10.6 Å². The molecular weight excluding hydrogens is 258 g/mol. The van der Waals surface area contributed by atoms with Crippen molar-refractivity contribution in [3.8, 4) is 12.3 Å². The number of anilines is 1.